The third-order valence-corrected chi connectivity index (χ3v) is 4.22. The number of piperidine rings is 1. The molecule has 0 amide bonds. The summed E-state index contributed by atoms with van der Waals surface area (Å²) in [6, 6.07) is 5.60. The number of thioether (sulfide) groups is 1. The molecule has 1 atom stereocenters. The summed E-state index contributed by atoms with van der Waals surface area (Å²) in [4.78, 5) is 7.11. The Kier molecular flexibility index (Phi) is 4.46. The lowest BCUT2D eigenvalue weighted by Gasteiger charge is -2.38. The minimum Gasteiger partial charge on any atom is -0.294 e. The van der Waals surface area contributed by atoms with Gasteiger partial charge in [0, 0.05) is 18.3 Å². The molecular formula is C14H22N2S. The fraction of sp³-hybridized carbons (Fsp3) is 0.643. The first-order chi connectivity index (χ1) is 8.22. The molecule has 94 valence electrons. The van der Waals surface area contributed by atoms with Gasteiger partial charge < -0.3 is 0 Å². The van der Waals surface area contributed by atoms with E-state index in [2.05, 4.69) is 48.3 Å². The number of pyridine rings is 1. The molecule has 2 heterocycles. The van der Waals surface area contributed by atoms with Gasteiger partial charge in [-0.1, -0.05) is 12.5 Å². The highest BCUT2D eigenvalue weighted by Gasteiger charge is 2.25. The molecule has 1 saturated heterocycles. The number of rotatable bonds is 3. The molecule has 1 aromatic rings. The van der Waals surface area contributed by atoms with E-state index in [4.69, 9.17) is 0 Å². The van der Waals surface area contributed by atoms with Crippen molar-refractivity contribution in [2.75, 3.05) is 12.8 Å². The van der Waals surface area contributed by atoms with Gasteiger partial charge in [0.1, 0.15) is 0 Å². The fourth-order valence-corrected chi connectivity index (χ4v) is 3.00. The number of nitrogens with zero attached hydrogens (tertiary/aromatic N) is 2. The van der Waals surface area contributed by atoms with Gasteiger partial charge >= 0.3 is 0 Å². The molecule has 3 heteroatoms. The van der Waals surface area contributed by atoms with Gasteiger partial charge in [0.15, 0.2) is 0 Å². The van der Waals surface area contributed by atoms with Crippen LogP contribution >= 0.6 is 11.8 Å². The molecule has 0 aromatic carbocycles. The third kappa shape index (κ3) is 3.02. The average Bonchev–Trinajstić information content (AvgIpc) is 2.39. The smallest absolute Gasteiger partial charge is 0.0957 e. The summed E-state index contributed by atoms with van der Waals surface area (Å²) in [6.45, 7) is 5.82. The molecule has 1 aliphatic heterocycles. The molecule has 0 radical (unpaired) electrons. The van der Waals surface area contributed by atoms with Crippen molar-refractivity contribution in [1.29, 1.82) is 0 Å². The van der Waals surface area contributed by atoms with Gasteiger partial charge in [-0.2, -0.15) is 0 Å². The van der Waals surface area contributed by atoms with Crippen molar-refractivity contribution in [2.45, 2.75) is 50.2 Å². The summed E-state index contributed by atoms with van der Waals surface area (Å²) in [6.07, 6.45) is 8.10. The maximum atomic E-state index is 4.50. The topological polar surface area (TPSA) is 16.1 Å². The molecular weight excluding hydrogens is 228 g/mol. The molecule has 2 rings (SSSR count). The maximum Gasteiger partial charge on any atom is 0.0957 e. The summed E-state index contributed by atoms with van der Waals surface area (Å²) in [5, 5.41) is 1.11. The van der Waals surface area contributed by atoms with Crippen LogP contribution in [0, 0.1) is 0 Å². The normalized spacial score (nSPS) is 22.0. The Hall–Kier alpha value is -0.540. The highest BCUT2D eigenvalue weighted by molar-refractivity contribution is 7.98. The first kappa shape index (κ1) is 12.9. The minimum absolute atomic E-state index is 0.576. The molecule has 1 fully saturated rings. The van der Waals surface area contributed by atoms with Crippen LogP contribution in [0.25, 0.3) is 0 Å². The second kappa shape index (κ2) is 5.87. The van der Waals surface area contributed by atoms with Gasteiger partial charge in [-0.15, -0.1) is 11.8 Å². The van der Waals surface area contributed by atoms with Crippen molar-refractivity contribution in [1.82, 2.24) is 9.88 Å². The van der Waals surface area contributed by atoms with Gasteiger partial charge in [-0.25, -0.2) is 4.98 Å². The lowest BCUT2D eigenvalue weighted by Crippen LogP contribution is -2.38. The van der Waals surface area contributed by atoms with Crippen LogP contribution < -0.4 is 0 Å². The molecule has 2 nitrogen and oxygen atoms in total. The Morgan fingerprint density at radius 2 is 2.18 bits per heavy atom. The van der Waals surface area contributed by atoms with Gasteiger partial charge in [0.2, 0.25) is 0 Å². The van der Waals surface area contributed by atoms with Crippen LogP contribution in [0.3, 0.4) is 0 Å². The van der Waals surface area contributed by atoms with E-state index in [1.165, 1.54) is 31.4 Å². The van der Waals surface area contributed by atoms with E-state index in [-0.39, 0.29) is 0 Å². The zero-order chi connectivity index (χ0) is 12.3. The number of hydrogen-bond donors (Lipinski definition) is 0. The summed E-state index contributed by atoms with van der Waals surface area (Å²) in [5.74, 6) is 0. The van der Waals surface area contributed by atoms with Gasteiger partial charge in [0.05, 0.1) is 5.03 Å². The molecule has 1 unspecified atom stereocenters. The zero-order valence-electron chi connectivity index (χ0n) is 11.0. The van der Waals surface area contributed by atoms with Gasteiger partial charge in [-0.05, 0) is 51.1 Å². The van der Waals surface area contributed by atoms with Crippen molar-refractivity contribution < 1.29 is 0 Å². The summed E-state index contributed by atoms with van der Waals surface area (Å²) < 4.78 is 0. The first-order valence-electron chi connectivity index (χ1n) is 6.48. The molecule has 1 aromatic heterocycles. The van der Waals surface area contributed by atoms with Crippen LogP contribution in [0.5, 0.6) is 0 Å². The maximum absolute atomic E-state index is 4.50. The van der Waals surface area contributed by atoms with Crippen LogP contribution in [0.15, 0.2) is 23.4 Å². The Labute approximate surface area is 109 Å². The summed E-state index contributed by atoms with van der Waals surface area (Å²) in [5.41, 5.74) is 1.39. The predicted molar refractivity (Wildman–Crippen MR) is 74.5 cm³/mol. The van der Waals surface area contributed by atoms with Crippen molar-refractivity contribution in [3.05, 3.63) is 23.9 Å². The van der Waals surface area contributed by atoms with E-state index < -0.39 is 0 Å². The summed E-state index contributed by atoms with van der Waals surface area (Å²) >= 11 is 1.71. The van der Waals surface area contributed by atoms with Gasteiger partial charge in [0.25, 0.3) is 0 Å². The van der Waals surface area contributed by atoms with Crippen LogP contribution in [-0.4, -0.2) is 28.7 Å². The number of aromatic nitrogens is 1. The molecule has 1 aliphatic rings. The van der Waals surface area contributed by atoms with E-state index in [1.807, 2.05) is 0 Å². The predicted octanol–water partition coefficient (Wildman–Crippen LogP) is 3.74. The Bertz CT molecular complexity index is 348. The Morgan fingerprint density at radius 3 is 2.76 bits per heavy atom. The minimum atomic E-state index is 0.576. The quantitative estimate of drug-likeness (QED) is 0.760. The van der Waals surface area contributed by atoms with Crippen molar-refractivity contribution >= 4 is 11.8 Å². The zero-order valence-corrected chi connectivity index (χ0v) is 11.8. The van der Waals surface area contributed by atoms with Crippen LogP contribution in [0.1, 0.15) is 44.7 Å². The van der Waals surface area contributed by atoms with Crippen LogP contribution in [0.4, 0.5) is 0 Å². The average molecular weight is 250 g/mol. The first-order valence-corrected chi connectivity index (χ1v) is 7.70. The molecule has 0 saturated carbocycles. The molecule has 17 heavy (non-hydrogen) atoms. The Balaban J connectivity index is 2.17. The lowest BCUT2D eigenvalue weighted by atomic mass is 9.95. The van der Waals surface area contributed by atoms with E-state index in [0.29, 0.717) is 12.1 Å². The van der Waals surface area contributed by atoms with E-state index in [9.17, 15) is 0 Å². The highest BCUT2D eigenvalue weighted by Crippen LogP contribution is 2.32. The number of hydrogen-bond acceptors (Lipinski definition) is 3. The molecule has 0 spiro atoms. The third-order valence-electron chi connectivity index (χ3n) is 3.56. The largest absolute Gasteiger partial charge is 0.294 e. The SMILES string of the molecule is CSc1ccc(C2CCCCN2C(C)C)cn1. The number of likely N-dealkylation sites (tertiary alicyclic amines) is 1. The van der Waals surface area contributed by atoms with E-state index in [1.54, 1.807) is 11.8 Å². The standard InChI is InChI=1S/C14H22N2S/c1-11(2)16-9-5-4-6-13(16)12-7-8-14(17-3)15-10-12/h7-8,10-11,13H,4-6,9H2,1-3H3. The fourth-order valence-electron chi connectivity index (χ4n) is 2.64. The highest BCUT2D eigenvalue weighted by atomic mass is 32.2. The van der Waals surface area contributed by atoms with Crippen molar-refractivity contribution in [3.8, 4) is 0 Å². The van der Waals surface area contributed by atoms with Crippen molar-refractivity contribution in [3.63, 3.8) is 0 Å². The van der Waals surface area contributed by atoms with E-state index in [0.717, 1.165) is 5.03 Å². The lowest BCUT2D eigenvalue weighted by molar-refractivity contribution is 0.112. The summed E-state index contributed by atoms with van der Waals surface area (Å²) in [7, 11) is 0. The van der Waals surface area contributed by atoms with Crippen LogP contribution in [0.2, 0.25) is 0 Å². The molecule has 0 bridgehead atoms. The van der Waals surface area contributed by atoms with Gasteiger partial charge in [-0.3, -0.25) is 4.90 Å². The monoisotopic (exact) mass is 250 g/mol. The second-order valence-corrected chi connectivity index (χ2v) is 5.80. The molecule has 0 aliphatic carbocycles. The van der Waals surface area contributed by atoms with Crippen molar-refractivity contribution in [2.24, 2.45) is 0 Å². The Morgan fingerprint density at radius 1 is 1.35 bits per heavy atom. The van der Waals surface area contributed by atoms with Crippen LogP contribution in [-0.2, 0) is 0 Å². The van der Waals surface area contributed by atoms with E-state index >= 15 is 0 Å². The molecule has 0 N–H and O–H groups in total. The second-order valence-electron chi connectivity index (χ2n) is 4.98.